The molecule has 124 valence electrons. The van der Waals surface area contributed by atoms with Gasteiger partial charge in [-0.05, 0) is 26.7 Å². The Bertz CT molecular complexity index is 694. The van der Waals surface area contributed by atoms with Crippen molar-refractivity contribution in [3.8, 4) is 5.88 Å². The number of aryl methyl sites for hydroxylation is 1. The van der Waals surface area contributed by atoms with E-state index in [0.29, 0.717) is 29.2 Å². The second-order valence-electron chi connectivity index (χ2n) is 5.88. The van der Waals surface area contributed by atoms with Gasteiger partial charge < -0.3 is 27.3 Å². The van der Waals surface area contributed by atoms with E-state index in [-0.39, 0.29) is 64.7 Å². The van der Waals surface area contributed by atoms with Crippen molar-refractivity contribution in [1.82, 2.24) is 20.2 Å². The number of β-amino-alcohol motifs (C(OH)–C–C–N with tert-alkyl or cyclic N) is 1. The summed E-state index contributed by atoms with van der Waals surface area (Å²) in [5.41, 5.74) is -0.273. The summed E-state index contributed by atoms with van der Waals surface area (Å²) in [6.45, 7) is 4.80. The third-order valence-electron chi connectivity index (χ3n) is 3.69. The number of aromatic amines is 1. The number of hydrogen-bond acceptors (Lipinski definition) is 7. The molecule has 0 saturated carbocycles. The van der Waals surface area contributed by atoms with E-state index in [2.05, 4.69) is 20.2 Å². The molecule has 3 rings (SSSR count). The number of nitrogens with one attached hydrogen (secondary N) is 1. The van der Waals surface area contributed by atoms with Gasteiger partial charge in [0.2, 0.25) is 5.88 Å². The van der Waals surface area contributed by atoms with Crippen molar-refractivity contribution in [3.05, 3.63) is 13.3 Å². The Morgan fingerprint density at radius 3 is 2.75 bits per heavy atom. The quantitative estimate of drug-likeness (QED) is 0.312. The van der Waals surface area contributed by atoms with Gasteiger partial charge in [-0.1, -0.05) is 0 Å². The van der Waals surface area contributed by atoms with Crippen LogP contribution in [0.25, 0.3) is 11.0 Å². The molecule has 1 aliphatic rings. The average molecular weight is 357 g/mol. The first-order valence-electron chi connectivity index (χ1n) is 7.16. The van der Waals surface area contributed by atoms with Gasteiger partial charge in [-0.25, -0.2) is 9.97 Å². The maximum absolute atomic E-state index is 10.3. The smallest absolute Gasteiger partial charge is 0.456 e. The molecule has 24 heavy (non-hydrogen) atoms. The van der Waals surface area contributed by atoms with Crippen LogP contribution in [0.5, 0.6) is 5.88 Å². The van der Waals surface area contributed by atoms with Crippen LogP contribution in [-0.2, 0) is 0 Å². The van der Waals surface area contributed by atoms with Gasteiger partial charge in [-0.15, -0.1) is 5.10 Å². The molecular weight excluding hydrogens is 336 g/mol. The minimum atomic E-state index is -1.48. The van der Waals surface area contributed by atoms with Crippen LogP contribution in [-0.4, -0.2) is 63.1 Å². The van der Waals surface area contributed by atoms with Gasteiger partial charge in [0, 0.05) is 13.1 Å². The van der Waals surface area contributed by atoms with Crippen molar-refractivity contribution in [1.29, 1.82) is 0 Å². The second-order valence-corrected chi connectivity index (χ2v) is 5.88. The molecule has 0 aliphatic carbocycles. The molecule has 1 unspecified atom stereocenters. The summed E-state index contributed by atoms with van der Waals surface area (Å²) in [5, 5.41) is 26.8. The topological polar surface area (TPSA) is 107 Å². The van der Waals surface area contributed by atoms with Gasteiger partial charge in [-0.2, -0.15) is 0 Å². The fourth-order valence-corrected chi connectivity index (χ4v) is 2.82. The van der Waals surface area contributed by atoms with E-state index in [9.17, 15) is 10.2 Å². The normalized spacial score (nSPS) is 21.8. The number of piperidine rings is 1. The van der Waals surface area contributed by atoms with Gasteiger partial charge in [0.1, 0.15) is 23.2 Å². The summed E-state index contributed by atoms with van der Waals surface area (Å²) < 4.78 is 5.11. The van der Waals surface area contributed by atoms with Gasteiger partial charge >= 0.3 is 51.4 Å². The molecule has 2 radical (unpaired) electrons. The van der Waals surface area contributed by atoms with E-state index in [1.807, 2.05) is 4.90 Å². The van der Waals surface area contributed by atoms with E-state index in [1.54, 1.807) is 13.8 Å². The molecule has 10 heteroatoms. The molecule has 2 atom stereocenters. The monoisotopic (exact) mass is 357 g/mol. The van der Waals surface area contributed by atoms with Crippen LogP contribution in [0.3, 0.4) is 0 Å². The maximum atomic E-state index is 10.3. The van der Waals surface area contributed by atoms with E-state index < -0.39 is 11.8 Å². The zero-order valence-corrected chi connectivity index (χ0v) is 17.7. The zero-order valence-electron chi connectivity index (χ0n) is 14.6. The average Bonchev–Trinajstić information content (AvgIpc) is 2.78. The minimum Gasteiger partial charge on any atom is -0.456 e. The van der Waals surface area contributed by atoms with Crippen molar-refractivity contribution in [3.63, 3.8) is 0 Å². The van der Waals surface area contributed by atoms with Gasteiger partial charge in [0.05, 0.1) is 5.60 Å². The van der Waals surface area contributed by atoms with E-state index in [4.69, 9.17) is 12.6 Å². The number of aromatic nitrogens is 4. The number of aliphatic hydroxyl groups excluding tert-OH is 1. The minimum absolute atomic E-state index is 0. The Morgan fingerprint density at radius 2 is 2.12 bits per heavy atom. The summed E-state index contributed by atoms with van der Waals surface area (Å²) in [7, 11) is 5.26. The SMILES string of the molecule is [B]C(O)Oc1n[nH]c2nc(C)nc(N3CCC[C@](C)(O)C3)c12.[CH3-].[K+]. The summed E-state index contributed by atoms with van der Waals surface area (Å²) in [4.78, 5) is 10.7. The maximum Gasteiger partial charge on any atom is 1.00 e. The van der Waals surface area contributed by atoms with Crippen LogP contribution in [0.15, 0.2) is 0 Å². The Kier molecular flexibility index (Phi) is 7.67. The van der Waals surface area contributed by atoms with E-state index in [0.717, 1.165) is 19.4 Å². The summed E-state index contributed by atoms with van der Waals surface area (Å²) in [6, 6.07) is 0. The van der Waals surface area contributed by atoms with Crippen LogP contribution in [0.1, 0.15) is 25.6 Å². The predicted octanol–water partition coefficient (Wildman–Crippen LogP) is -2.71. The molecular formula is C14H21BKN5O3. The molecule has 0 aromatic carbocycles. The standard InChI is InChI=1S/C13H18BN5O3.CH3.K/c1-7-15-9-8(11(18-17-9)22-12(14)20)10(16-7)19-5-3-4-13(2,21)6-19;;/h12,20-21H,3-6H2,1-2H3,(H,15,16,17,18);1H3;/q;-1;+1/t12?,13-;;/m0../s1. The van der Waals surface area contributed by atoms with E-state index >= 15 is 0 Å². The van der Waals surface area contributed by atoms with Gasteiger partial charge in [0.25, 0.3) is 0 Å². The van der Waals surface area contributed by atoms with Crippen LogP contribution < -0.4 is 61.0 Å². The molecule has 0 bridgehead atoms. The van der Waals surface area contributed by atoms with Crippen molar-refractivity contribution < 1.29 is 66.3 Å². The van der Waals surface area contributed by atoms with Crippen LogP contribution in [0.2, 0.25) is 0 Å². The summed E-state index contributed by atoms with van der Waals surface area (Å²) >= 11 is 0. The second kappa shape index (κ2) is 8.44. The number of anilines is 1. The third-order valence-corrected chi connectivity index (χ3v) is 3.69. The van der Waals surface area contributed by atoms with Crippen LogP contribution in [0, 0.1) is 14.4 Å². The zero-order chi connectivity index (χ0) is 15.9. The van der Waals surface area contributed by atoms with Crippen molar-refractivity contribution in [2.45, 2.75) is 38.5 Å². The molecule has 1 aliphatic heterocycles. The number of aliphatic hydroxyl groups is 2. The number of fused-ring (bicyclic) bond motifs is 1. The van der Waals surface area contributed by atoms with E-state index in [1.165, 1.54) is 0 Å². The summed E-state index contributed by atoms with van der Waals surface area (Å²) in [6.07, 6.45) is 0.114. The fraction of sp³-hybridized carbons (Fsp3) is 0.571. The molecule has 0 amide bonds. The number of ether oxygens (including phenoxy) is 1. The Labute approximate surface area is 185 Å². The molecule has 3 N–H and O–H groups in total. The first-order valence-corrected chi connectivity index (χ1v) is 7.16. The molecule has 3 heterocycles. The number of rotatable bonds is 3. The predicted molar refractivity (Wildman–Crippen MR) is 87.3 cm³/mol. The Balaban J connectivity index is 0.00000144. The van der Waals surface area contributed by atoms with Crippen molar-refractivity contribution >= 4 is 24.7 Å². The van der Waals surface area contributed by atoms with Gasteiger partial charge in [-0.3, -0.25) is 5.10 Å². The molecule has 0 spiro atoms. The first-order chi connectivity index (χ1) is 10.4. The van der Waals surface area contributed by atoms with Crippen molar-refractivity contribution in [2.24, 2.45) is 0 Å². The van der Waals surface area contributed by atoms with Crippen molar-refractivity contribution in [2.75, 3.05) is 18.0 Å². The molecule has 8 nitrogen and oxygen atoms in total. The molecule has 1 saturated heterocycles. The van der Waals surface area contributed by atoms with Gasteiger partial charge in [0.15, 0.2) is 13.5 Å². The number of hydrogen-bond donors (Lipinski definition) is 3. The Morgan fingerprint density at radius 1 is 1.42 bits per heavy atom. The molecule has 1 fully saturated rings. The molecule has 2 aromatic rings. The Hall–Kier alpha value is -0.229. The molecule has 2 aromatic heterocycles. The number of H-pyrrole nitrogens is 1. The fourth-order valence-electron chi connectivity index (χ4n) is 2.82. The first kappa shape index (κ1) is 21.8. The largest absolute Gasteiger partial charge is 1.00 e. The third kappa shape index (κ3) is 4.69. The van der Waals surface area contributed by atoms with Crippen LogP contribution >= 0.6 is 0 Å². The summed E-state index contributed by atoms with van der Waals surface area (Å²) in [5.74, 6) is 1.34. The number of nitrogens with zero attached hydrogens (tertiary/aromatic N) is 4. The van der Waals surface area contributed by atoms with Crippen LogP contribution in [0.4, 0.5) is 5.82 Å².